The minimum absolute atomic E-state index is 0.00709. The number of methoxy groups -OCH3 is 2. The van der Waals surface area contributed by atoms with E-state index < -0.39 is 9.04 Å². The monoisotopic (exact) mass is 453 g/mol. The largest absolute Gasteiger partial charge is 0.544 e. The molecule has 2 heterocycles. The van der Waals surface area contributed by atoms with Gasteiger partial charge in [0.05, 0.1) is 19.9 Å². The summed E-state index contributed by atoms with van der Waals surface area (Å²) in [7, 11) is 1.87. The molecule has 170 valence electrons. The predicted octanol–water partition coefficient (Wildman–Crippen LogP) is 4.82. The first kappa shape index (κ1) is 23.4. The highest BCUT2D eigenvalue weighted by molar-refractivity contribution is 6.49. The van der Waals surface area contributed by atoms with E-state index in [0.29, 0.717) is 23.0 Å². The smallest absolute Gasteiger partial charge is 0.229 e. The third kappa shape index (κ3) is 4.96. The van der Waals surface area contributed by atoms with E-state index in [-0.39, 0.29) is 11.3 Å². The van der Waals surface area contributed by atoms with Gasteiger partial charge in [-0.25, -0.2) is 4.98 Å². The van der Waals surface area contributed by atoms with Crippen LogP contribution in [0.1, 0.15) is 37.6 Å². The highest BCUT2D eigenvalue weighted by Crippen LogP contribution is 2.47. The van der Waals surface area contributed by atoms with Crippen LogP contribution in [0, 0.1) is 0 Å². The van der Waals surface area contributed by atoms with E-state index in [1.165, 1.54) is 4.68 Å². The molecule has 3 aromatic rings. The number of rotatable bonds is 7. The quantitative estimate of drug-likeness (QED) is 0.517. The number of aromatic hydroxyl groups is 1. The van der Waals surface area contributed by atoms with E-state index in [1.54, 1.807) is 32.5 Å². The molecule has 0 aliphatic rings. The van der Waals surface area contributed by atoms with Crippen LogP contribution in [0.15, 0.2) is 36.5 Å². The Morgan fingerprint density at radius 1 is 1.03 bits per heavy atom. The standard InChI is InChI=1S/C24H31N3O4Si/c1-24(2,3)21-18(29-4)14-16(22(23(21)30-5)31-32(6)7)11-12-17-15-20(28)27(26-17)19-10-8-9-13-25-19/h8-15,28,32H,1-7H3/b12-11+. The van der Waals surface area contributed by atoms with Gasteiger partial charge in [-0.3, -0.25) is 0 Å². The minimum atomic E-state index is -1.43. The van der Waals surface area contributed by atoms with Gasteiger partial charge in [0.25, 0.3) is 0 Å². The Balaban J connectivity index is 2.10. The van der Waals surface area contributed by atoms with Gasteiger partial charge in [-0.15, -0.1) is 0 Å². The predicted molar refractivity (Wildman–Crippen MR) is 130 cm³/mol. The lowest BCUT2D eigenvalue weighted by molar-refractivity contribution is 0.355. The summed E-state index contributed by atoms with van der Waals surface area (Å²) in [6, 6.07) is 8.97. The second-order valence-electron chi connectivity index (χ2n) is 8.68. The van der Waals surface area contributed by atoms with Crippen LogP contribution >= 0.6 is 0 Å². The van der Waals surface area contributed by atoms with E-state index in [1.807, 2.05) is 30.4 Å². The van der Waals surface area contributed by atoms with Crippen molar-refractivity contribution in [2.45, 2.75) is 39.3 Å². The van der Waals surface area contributed by atoms with Gasteiger partial charge in [-0.1, -0.05) is 26.8 Å². The van der Waals surface area contributed by atoms with Gasteiger partial charge in [-0.2, -0.15) is 9.78 Å². The molecule has 32 heavy (non-hydrogen) atoms. The number of pyridine rings is 1. The van der Waals surface area contributed by atoms with E-state index >= 15 is 0 Å². The maximum Gasteiger partial charge on any atom is 0.229 e. The Labute approximate surface area is 191 Å². The molecule has 1 aromatic carbocycles. The van der Waals surface area contributed by atoms with Crippen molar-refractivity contribution in [3.63, 3.8) is 0 Å². The lowest BCUT2D eigenvalue weighted by Crippen LogP contribution is -2.18. The van der Waals surface area contributed by atoms with Crippen LogP contribution < -0.4 is 13.9 Å². The molecule has 1 N–H and O–H groups in total. The van der Waals surface area contributed by atoms with Crippen molar-refractivity contribution in [1.29, 1.82) is 0 Å². The van der Waals surface area contributed by atoms with Gasteiger partial charge in [0.15, 0.2) is 17.3 Å². The van der Waals surface area contributed by atoms with E-state index in [2.05, 4.69) is 43.9 Å². The molecule has 0 bridgehead atoms. The lowest BCUT2D eigenvalue weighted by Gasteiger charge is -2.28. The number of ether oxygens (including phenoxy) is 2. The van der Waals surface area contributed by atoms with Crippen molar-refractivity contribution in [2.75, 3.05) is 14.2 Å². The summed E-state index contributed by atoms with van der Waals surface area (Å²) in [5.74, 6) is 2.66. The molecule has 0 radical (unpaired) electrons. The molecule has 0 saturated heterocycles. The molecule has 0 aliphatic carbocycles. The molecule has 0 unspecified atom stereocenters. The third-order valence-corrected chi connectivity index (χ3v) is 5.47. The summed E-state index contributed by atoms with van der Waals surface area (Å²) in [6.45, 7) is 10.6. The highest BCUT2D eigenvalue weighted by Gasteiger charge is 2.29. The van der Waals surface area contributed by atoms with Crippen LogP contribution in [0.3, 0.4) is 0 Å². The summed E-state index contributed by atoms with van der Waals surface area (Å²) in [5.41, 5.74) is 2.16. The fourth-order valence-corrected chi connectivity index (χ4v) is 4.19. The Morgan fingerprint density at radius 3 is 2.34 bits per heavy atom. The summed E-state index contributed by atoms with van der Waals surface area (Å²) in [4.78, 5) is 4.23. The first-order valence-electron chi connectivity index (χ1n) is 10.5. The third-order valence-electron chi connectivity index (χ3n) is 4.77. The molecular formula is C24H31N3O4Si. The van der Waals surface area contributed by atoms with Crippen LogP contribution in [0.25, 0.3) is 18.0 Å². The first-order chi connectivity index (χ1) is 15.2. The summed E-state index contributed by atoms with van der Waals surface area (Å²) < 4.78 is 19.3. The molecule has 8 heteroatoms. The zero-order chi connectivity index (χ0) is 23.5. The van der Waals surface area contributed by atoms with E-state index in [9.17, 15) is 5.11 Å². The van der Waals surface area contributed by atoms with Crippen molar-refractivity contribution < 1.29 is 19.0 Å². The van der Waals surface area contributed by atoms with Crippen LogP contribution in [0.5, 0.6) is 23.1 Å². The van der Waals surface area contributed by atoms with E-state index in [4.69, 9.17) is 13.9 Å². The SMILES string of the molecule is COc1cc(/C=C/c2cc(O)n(-c3ccccn3)n2)c(O[SiH](C)C)c(OC)c1C(C)(C)C. The molecule has 0 saturated carbocycles. The van der Waals surface area contributed by atoms with Crippen molar-refractivity contribution in [3.05, 3.63) is 53.3 Å². The Bertz CT molecular complexity index is 1100. The van der Waals surface area contributed by atoms with Crippen LogP contribution in [-0.4, -0.2) is 43.1 Å². The maximum atomic E-state index is 10.3. The molecular weight excluding hydrogens is 422 g/mol. The normalized spacial score (nSPS) is 11.9. The van der Waals surface area contributed by atoms with Gasteiger partial charge in [0.2, 0.25) is 14.9 Å². The summed E-state index contributed by atoms with van der Waals surface area (Å²) in [6.07, 6.45) is 5.37. The number of hydrogen-bond donors (Lipinski definition) is 1. The Hall–Kier alpha value is -3.26. The van der Waals surface area contributed by atoms with E-state index in [0.717, 1.165) is 16.9 Å². The molecule has 0 aliphatic heterocycles. The molecule has 0 spiro atoms. The van der Waals surface area contributed by atoms with Crippen LogP contribution in [0.2, 0.25) is 13.1 Å². The second kappa shape index (κ2) is 9.48. The molecule has 2 aromatic heterocycles. The molecule has 0 atom stereocenters. The topological polar surface area (TPSA) is 78.6 Å². The fraction of sp³-hybridized carbons (Fsp3) is 0.333. The average Bonchev–Trinajstić information content (AvgIpc) is 3.12. The number of hydrogen-bond acceptors (Lipinski definition) is 6. The van der Waals surface area contributed by atoms with Gasteiger partial charge in [0.1, 0.15) is 5.75 Å². The molecule has 3 rings (SSSR count). The zero-order valence-corrected chi connectivity index (χ0v) is 20.9. The summed E-state index contributed by atoms with van der Waals surface area (Å²) >= 11 is 0. The van der Waals surface area contributed by atoms with Gasteiger partial charge in [0, 0.05) is 23.4 Å². The zero-order valence-electron chi connectivity index (χ0n) is 19.7. The fourth-order valence-electron chi connectivity index (χ4n) is 3.48. The average molecular weight is 454 g/mol. The highest BCUT2D eigenvalue weighted by atomic mass is 28.3. The van der Waals surface area contributed by atoms with Crippen LogP contribution in [-0.2, 0) is 5.41 Å². The number of nitrogens with zero attached hydrogens (tertiary/aromatic N) is 3. The van der Waals surface area contributed by atoms with Crippen molar-refractivity contribution in [3.8, 4) is 28.9 Å². The maximum absolute atomic E-state index is 10.3. The van der Waals surface area contributed by atoms with Crippen LogP contribution in [0.4, 0.5) is 0 Å². The Morgan fingerprint density at radius 2 is 1.78 bits per heavy atom. The minimum Gasteiger partial charge on any atom is -0.544 e. The Kier molecular flexibility index (Phi) is 6.93. The van der Waals surface area contributed by atoms with Gasteiger partial charge >= 0.3 is 0 Å². The lowest BCUT2D eigenvalue weighted by atomic mass is 9.84. The van der Waals surface area contributed by atoms with Gasteiger partial charge < -0.3 is 19.0 Å². The number of aromatic nitrogens is 3. The van der Waals surface area contributed by atoms with Crippen molar-refractivity contribution in [2.24, 2.45) is 0 Å². The first-order valence-corrected chi connectivity index (χ1v) is 13.3. The molecule has 0 amide bonds. The number of benzene rings is 1. The second-order valence-corrected chi connectivity index (χ2v) is 11.0. The van der Waals surface area contributed by atoms with Crippen molar-refractivity contribution >= 4 is 21.2 Å². The van der Waals surface area contributed by atoms with Crippen molar-refractivity contribution in [1.82, 2.24) is 14.8 Å². The summed E-state index contributed by atoms with van der Waals surface area (Å²) in [5, 5.41) is 14.8. The van der Waals surface area contributed by atoms with Gasteiger partial charge in [-0.05, 0) is 48.9 Å². The molecule has 7 nitrogen and oxygen atoms in total. The molecule has 0 fully saturated rings.